The molecule has 1 amide bonds. The number of rotatable bonds is 5. The van der Waals surface area contributed by atoms with Crippen LogP contribution in [0.2, 0.25) is 0 Å². The summed E-state index contributed by atoms with van der Waals surface area (Å²) in [6.07, 6.45) is 2.11. The second kappa shape index (κ2) is 12.5. The number of hydrogen-bond donors (Lipinski definition) is 0. The molecule has 0 atom stereocenters. The van der Waals surface area contributed by atoms with E-state index in [0.717, 1.165) is 29.8 Å². The second-order valence-electron chi connectivity index (χ2n) is 9.22. The van der Waals surface area contributed by atoms with Crippen LogP contribution in [0.1, 0.15) is 35.6 Å². The van der Waals surface area contributed by atoms with Gasteiger partial charge in [0.1, 0.15) is 18.2 Å². The summed E-state index contributed by atoms with van der Waals surface area (Å²) in [5.74, 6) is 0.704. The molecule has 6 heteroatoms. The third-order valence-corrected chi connectivity index (χ3v) is 6.56. The van der Waals surface area contributed by atoms with Gasteiger partial charge in [-0.3, -0.25) is 4.79 Å². The van der Waals surface area contributed by atoms with Crippen LogP contribution < -0.4 is 9.64 Å². The second-order valence-corrected chi connectivity index (χ2v) is 9.22. The van der Waals surface area contributed by atoms with Crippen molar-refractivity contribution >= 4 is 11.6 Å². The van der Waals surface area contributed by atoms with Gasteiger partial charge in [-0.15, -0.1) is 0 Å². The maximum atomic E-state index is 13.2. The number of amides is 1. The molecule has 4 rings (SSSR count). The Morgan fingerprint density at radius 3 is 2.61 bits per heavy atom. The Kier molecular flexibility index (Phi) is 8.95. The quantitative estimate of drug-likeness (QED) is 0.490. The molecule has 3 aromatic carbocycles. The van der Waals surface area contributed by atoms with Crippen LogP contribution in [0.15, 0.2) is 66.7 Å². The van der Waals surface area contributed by atoms with Crippen molar-refractivity contribution in [3.63, 3.8) is 0 Å². The minimum absolute atomic E-state index is 0.0687. The van der Waals surface area contributed by atoms with Gasteiger partial charge in [0.05, 0.1) is 13.2 Å². The van der Waals surface area contributed by atoms with E-state index in [2.05, 4.69) is 49.4 Å². The predicted octanol–water partition coefficient (Wildman–Crippen LogP) is 5.24. The molecule has 1 aliphatic rings. The molecule has 0 saturated heterocycles. The fraction of sp³-hybridized carbons (Fsp3) is 0.367. The van der Waals surface area contributed by atoms with Gasteiger partial charge in [-0.2, -0.15) is 0 Å². The summed E-state index contributed by atoms with van der Waals surface area (Å²) in [6.45, 7) is 5.14. The van der Waals surface area contributed by atoms with E-state index in [0.29, 0.717) is 45.9 Å². The van der Waals surface area contributed by atoms with Crippen molar-refractivity contribution in [2.45, 2.75) is 32.7 Å². The largest absolute Gasteiger partial charge is 0.491 e. The highest BCUT2D eigenvalue weighted by atomic mass is 19.1. The van der Waals surface area contributed by atoms with Gasteiger partial charge in [-0.1, -0.05) is 43.3 Å². The summed E-state index contributed by atoms with van der Waals surface area (Å²) in [4.78, 5) is 17.1. The van der Waals surface area contributed by atoms with Crippen LogP contribution in [0.4, 0.5) is 10.1 Å². The van der Waals surface area contributed by atoms with Crippen molar-refractivity contribution in [2.24, 2.45) is 0 Å². The number of aryl methyl sites for hydroxylation is 1. The van der Waals surface area contributed by atoms with Crippen LogP contribution in [-0.4, -0.2) is 50.8 Å². The molecule has 0 spiro atoms. The maximum absolute atomic E-state index is 13.2. The molecule has 0 aromatic heterocycles. The molecule has 3 aromatic rings. The summed E-state index contributed by atoms with van der Waals surface area (Å²) in [5, 5.41) is 0. The van der Waals surface area contributed by atoms with Crippen molar-refractivity contribution < 1.29 is 18.7 Å². The molecule has 1 heterocycles. The first-order chi connectivity index (χ1) is 17.5. The molecular weight excluding hydrogens is 455 g/mol. The zero-order chi connectivity index (χ0) is 25.3. The Labute approximate surface area is 213 Å². The summed E-state index contributed by atoms with van der Waals surface area (Å²) in [5.41, 5.74) is 5.63. The maximum Gasteiger partial charge on any atom is 0.224 e. The van der Waals surface area contributed by atoms with Gasteiger partial charge in [0.2, 0.25) is 5.91 Å². The summed E-state index contributed by atoms with van der Waals surface area (Å²) >= 11 is 0. The molecule has 0 unspecified atom stereocenters. The minimum Gasteiger partial charge on any atom is -0.491 e. The standard InChI is InChI=1S/C30H35FN2O3/c1-3-23-7-12-29-26(20-23)21-24-5-4-6-25(19-24)22-33(15-16-35-17-18-36-29)30(34)13-14-32(2)28-10-8-27(31)9-11-28/h4-12,19-20H,3,13-18,21-22H2,1-2H3. The van der Waals surface area contributed by atoms with Crippen LogP contribution in [0.25, 0.3) is 0 Å². The van der Waals surface area contributed by atoms with Gasteiger partial charge in [-0.05, 0) is 59.0 Å². The van der Waals surface area contributed by atoms with Gasteiger partial charge in [0.15, 0.2) is 0 Å². The number of carbonyl (C=O) groups excluding carboxylic acids is 1. The first-order valence-corrected chi connectivity index (χ1v) is 12.7. The average Bonchev–Trinajstić information content (AvgIpc) is 2.89. The van der Waals surface area contributed by atoms with E-state index >= 15 is 0 Å². The minimum atomic E-state index is -0.268. The number of carbonyl (C=O) groups is 1. The lowest BCUT2D eigenvalue weighted by molar-refractivity contribution is -0.132. The highest BCUT2D eigenvalue weighted by Crippen LogP contribution is 2.25. The van der Waals surface area contributed by atoms with Gasteiger partial charge in [0, 0.05) is 45.2 Å². The van der Waals surface area contributed by atoms with E-state index in [1.165, 1.54) is 28.8 Å². The summed E-state index contributed by atoms with van der Waals surface area (Å²) < 4.78 is 25.1. The Hall–Kier alpha value is -3.38. The molecule has 0 fully saturated rings. The molecule has 36 heavy (non-hydrogen) atoms. The number of anilines is 1. The first-order valence-electron chi connectivity index (χ1n) is 12.7. The van der Waals surface area contributed by atoms with Crippen molar-refractivity contribution in [3.8, 4) is 5.75 Å². The molecular formula is C30H35FN2O3. The number of halogens is 1. The third-order valence-electron chi connectivity index (χ3n) is 6.56. The normalized spacial score (nSPS) is 14.4. The van der Waals surface area contributed by atoms with Gasteiger partial charge in [0.25, 0.3) is 0 Å². The van der Waals surface area contributed by atoms with Crippen LogP contribution in [0.5, 0.6) is 5.75 Å². The fourth-order valence-electron chi connectivity index (χ4n) is 4.44. The molecule has 1 aliphatic heterocycles. The van der Waals surface area contributed by atoms with E-state index < -0.39 is 0 Å². The Bertz CT molecular complexity index is 1150. The van der Waals surface area contributed by atoms with Crippen molar-refractivity contribution in [3.05, 3.63) is 94.8 Å². The topological polar surface area (TPSA) is 42.0 Å². The lowest BCUT2D eigenvalue weighted by Gasteiger charge is -2.26. The molecule has 0 saturated carbocycles. The van der Waals surface area contributed by atoms with E-state index in [4.69, 9.17) is 9.47 Å². The number of hydrogen-bond acceptors (Lipinski definition) is 4. The van der Waals surface area contributed by atoms with Crippen molar-refractivity contribution in [2.75, 3.05) is 44.9 Å². The molecule has 2 bridgehead atoms. The van der Waals surface area contributed by atoms with Crippen molar-refractivity contribution in [1.82, 2.24) is 4.90 Å². The van der Waals surface area contributed by atoms with E-state index in [1.54, 1.807) is 12.1 Å². The molecule has 190 valence electrons. The van der Waals surface area contributed by atoms with Gasteiger partial charge < -0.3 is 19.3 Å². The average molecular weight is 491 g/mol. The van der Waals surface area contributed by atoms with Gasteiger partial charge in [-0.25, -0.2) is 4.39 Å². The third kappa shape index (κ3) is 7.08. The van der Waals surface area contributed by atoms with Crippen molar-refractivity contribution in [1.29, 1.82) is 0 Å². The summed E-state index contributed by atoms with van der Waals surface area (Å²) in [7, 11) is 1.91. The van der Waals surface area contributed by atoms with E-state index in [9.17, 15) is 9.18 Å². The molecule has 0 aliphatic carbocycles. The molecule has 5 nitrogen and oxygen atoms in total. The Morgan fingerprint density at radius 1 is 1.00 bits per heavy atom. The van der Waals surface area contributed by atoms with E-state index in [1.807, 2.05) is 16.8 Å². The zero-order valence-electron chi connectivity index (χ0n) is 21.2. The van der Waals surface area contributed by atoms with Crippen LogP contribution in [0.3, 0.4) is 0 Å². The lowest BCUT2D eigenvalue weighted by Crippen LogP contribution is -2.36. The first kappa shape index (κ1) is 25.7. The monoisotopic (exact) mass is 490 g/mol. The number of fused-ring (bicyclic) bond motifs is 3. The van der Waals surface area contributed by atoms with E-state index in [-0.39, 0.29) is 11.7 Å². The van der Waals surface area contributed by atoms with Crippen LogP contribution in [0, 0.1) is 5.82 Å². The fourth-order valence-corrected chi connectivity index (χ4v) is 4.44. The zero-order valence-corrected chi connectivity index (χ0v) is 21.2. The Balaban J connectivity index is 1.47. The predicted molar refractivity (Wildman–Crippen MR) is 141 cm³/mol. The molecule has 0 radical (unpaired) electrons. The lowest BCUT2D eigenvalue weighted by atomic mass is 9.99. The Morgan fingerprint density at radius 2 is 1.81 bits per heavy atom. The highest BCUT2D eigenvalue weighted by Gasteiger charge is 2.16. The molecule has 0 N–H and O–H groups in total. The smallest absolute Gasteiger partial charge is 0.224 e. The van der Waals surface area contributed by atoms with Crippen LogP contribution in [-0.2, 0) is 28.9 Å². The SMILES string of the molecule is CCc1ccc2c(c1)Cc1cccc(c1)CN(C(=O)CCN(C)c1ccc(F)cc1)CCOCCO2. The van der Waals surface area contributed by atoms with Crippen LogP contribution >= 0.6 is 0 Å². The van der Waals surface area contributed by atoms with Gasteiger partial charge >= 0.3 is 0 Å². The number of benzene rings is 3. The number of ether oxygens (including phenoxy) is 2. The summed E-state index contributed by atoms with van der Waals surface area (Å²) in [6, 6.07) is 21.2. The highest BCUT2D eigenvalue weighted by molar-refractivity contribution is 5.77. The number of nitrogens with zero attached hydrogens (tertiary/aromatic N) is 2.